The lowest BCUT2D eigenvalue weighted by atomic mass is 9.85. The Morgan fingerprint density at radius 3 is 2.34 bits per heavy atom. The Morgan fingerprint density at radius 1 is 1.07 bits per heavy atom. The number of methoxy groups -OCH3 is 3. The number of allylic oxidation sites excluding steroid dienone is 4. The number of carbonyl (C=O) groups is 4. The fourth-order valence-electron chi connectivity index (χ4n) is 4.89. The molecule has 226 valence electrons. The van der Waals surface area contributed by atoms with Crippen LogP contribution in [0.2, 0.25) is 0 Å². The zero-order chi connectivity index (χ0) is 30.9. The summed E-state index contributed by atoms with van der Waals surface area (Å²) in [7, 11) is 4.29. The van der Waals surface area contributed by atoms with Gasteiger partial charge in [0.1, 0.15) is 6.10 Å². The van der Waals surface area contributed by atoms with Crippen LogP contribution in [-0.4, -0.2) is 74.4 Å². The van der Waals surface area contributed by atoms with Crippen molar-refractivity contribution in [2.45, 2.75) is 71.4 Å². The van der Waals surface area contributed by atoms with Crippen LogP contribution in [0.25, 0.3) is 0 Å². The first-order chi connectivity index (χ1) is 19.3. The second kappa shape index (κ2) is 15.5. The molecule has 41 heavy (non-hydrogen) atoms. The summed E-state index contributed by atoms with van der Waals surface area (Å²) in [5.41, 5.74) is 6.26. The molecule has 0 saturated carbocycles. The van der Waals surface area contributed by atoms with Gasteiger partial charge in [-0.1, -0.05) is 38.2 Å². The number of primary amides is 1. The Kier molecular flexibility index (Phi) is 12.7. The first kappa shape index (κ1) is 33.7. The number of nitrogens with one attached hydrogen (secondary N) is 1. The highest BCUT2D eigenvalue weighted by Crippen LogP contribution is 2.29. The van der Waals surface area contributed by atoms with Crippen molar-refractivity contribution in [2.75, 3.05) is 21.3 Å². The van der Waals surface area contributed by atoms with Crippen molar-refractivity contribution in [3.05, 3.63) is 58.6 Å². The summed E-state index contributed by atoms with van der Waals surface area (Å²) in [6, 6.07) is 0. The summed E-state index contributed by atoms with van der Waals surface area (Å²) < 4.78 is 21.8. The van der Waals surface area contributed by atoms with Gasteiger partial charge in [0.05, 0.1) is 31.1 Å². The number of hydrogen-bond donors (Lipinski definition) is 3. The fraction of sp³-hybridized carbons (Fsp3) is 0.533. The highest BCUT2D eigenvalue weighted by Gasteiger charge is 2.33. The van der Waals surface area contributed by atoms with Gasteiger partial charge in [0.15, 0.2) is 5.76 Å². The highest BCUT2D eigenvalue weighted by atomic mass is 16.6. The number of nitrogens with two attached hydrogens (primary N) is 1. The average Bonchev–Trinajstić information content (AvgIpc) is 2.91. The van der Waals surface area contributed by atoms with Gasteiger partial charge in [-0.05, 0) is 38.2 Å². The molecule has 1 aliphatic heterocycles. The summed E-state index contributed by atoms with van der Waals surface area (Å²) in [5, 5.41) is 13.7. The zero-order valence-electron chi connectivity index (χ0n) is 24.8. The summed E-state index contributed by atoms with van der Waals surface area (Å²) in [5.74, 6) is -2.31. The summed E-state index contributed by atoms with van der Waals surface area (Å²) in [6.45, 7) is 7.01. The van der Waals surface area contributed by atoms with Gasteiger partial charge < -0.3 is 35.1 Å². The molecular weight excluding hydrogens is 532 g/mol. The molecule has 1 aliphatic carbocycles. The van der Waals surface area contributed by atoms with Gasteiger partial charge in [-0.3, -0.25) is 14.4 Å². The van der Waals surface area contributed by atoms with Crippen molar-refractivity contribution >= 4 is 23.6 Å². The first-order valence-electron chi connectivity index (χ1n) is 13.4. The third-order valence-corrected chi connectivity index (χ3v) is 7.23. The number of fused-ring (bicyclic) bond motifs is 2. The average molecular weight is 575 g/mol. The van der Waals surface area contributed by atoms with E-state index >= 15 is 0 Å². The molecule has 2 rings (SSSR count). The molecule has 3 unspecified atom stereocenters. The summed E-state index contributed by atoms with van der Waals surface area (Å²) >= 11 is 0. The maximum atomic E-state index is 13.4. The zero-order valence-corrected chi connectivity index (χ0v) is 24.8. The van der Waals surface area contributed by atoms with Gasteiger partial charge in [0.2, 0.25) is 11.6 Å². The molecule has 0 aromatic rings. The van der Waals surface area contributed by atoms with Crippen LogP contribution in [0.1, 0.15) is 47.0 Å². The van der Waals surface area contributed by atoms with Crippen LogP contribution in [-0.2, 0) is 33.3 Å². The number of ketones is 2. The van der Waals surface area contributed by atoms with Crippen molar-refractivity contribution < 1.29 is 43.2 Å². The molecular formula is C30H42N2O9. The van der Waals surface area contributed by atoms with Gasteiger partial charge in [0.25, 0.3) is 5.91 Å². The monoisotopic (exact) mass is 574 g/mol. The van der Waals surface area contributed by atoms with E-state index in [1.807, 2.05) is 13.8 Å². The second-order valence-electron chi connectivity index (χ2n) is 10.5. The number of ether oxygens (including phenoxy) is 4. The Morgan fingerprint density at radius 2 is 1.76 bits per heavy atom. The quantitative estimate of drug-likeness (QED) is 0.338. The van der Waals surface area contributed by atoms with Crippen LogP contribution in [0.4, 0.5) is 4.79 Å². The van der Waals surface area contributed by atoms with E-state index < -0.39 is 53.9 Å². The topological polar surface area (TPSA) is 163 Å². The number of carbonyl (C=O) groups excluding carboxylic acids is 4. The molecule has 4 N–H and O–H groups in total. The standard InChI is InChI=1S/C30H42N2O9/c1-16-11-21-27(35)22(15-23(33)28(21)40-7)32-29(36)17(2)9-8-10-20(38-5)14-24(41-30(31)37)18(3)13-19(4)26(34)25(12-16)39-6/h8-10,13,15-16,19-20,24-26,34H,11-12,14H2,1-7H3,(H2,31,37)(H,32,36)/b10-8-,17-9+,18-13+/t16-,19+,20?,24?,25?,26-/m1/s1. The Labute approximate surface area is 241 Å². The lowest BCUT2D eigenvalue weighted by molar-refractivity contribution is -0.120. The van der Waals surface area contributed by atoms with Crippen molar-refractivity contribution in [3.8, 4) is 0 Å². The van der Waals surface area contributed by atoms with E-state index in [9.17, 15) is 24.3 Å². The lowest BCUT2D eigenvalue weighted by Gasteiger charge is -2.29. The van der Waals surface area contributed by atoms with Crippen LogP contribution in [0.3, 0.4) is 0 Å². The molecule has 0 radical (unpaired) electrons. The predicted molar refractivity (Wildman–Crippen MR) is 151 cm³/mol. The third kappa shape index (κ3) is 9.24. The fourth-order valence-corrected chi connectivity index (χ4v) is 4.89. The van der Waals surface area contributed by atoms with Gasteiger partial charge >= 0.3 is 6.09 Å². The highest BCUT2D eigenvalue weighted by molar-refractivity contribution is 6.23. The molecule has 0 fully saturated rings. The predicted octanol–water partition coefficient (Wildman–Crippen LogP) is 2.80. The summed E-state index contributed by atoms with van der Waals surface area (Å²) in [4.78, 5) is 50.6. The molecule has 6 atom stereocenters. The van der Waals surface area contributed by atoms with Crippen LogP contribution in [0, 0.1) is 11.8 Å². The Bertz CT molecular complexity index is 1160. The molecule has 0 spiro atoms. The van der Waals surface area contributed by atoms with Gasteiger partial charge in [-0.15, -0.1) is 0 Å². The maximum absolute atomic E-state index is 13.4. The van der Waals surface area contributed by atoms with E-state index in [1.54, 1.807) is 32.1 Å². The number of amides is 2. The second-order valence-corrected chi connectivity index (χ2v) is 10.5. The van der Waals surface area contributed by atoms with E-state index in [4.69, 9.17) is 24.7 Å². The molecule has 2 aliphatic rings. The molecule has 11 heteroatoms. The number of aliphatic hydroxyl groups excluding tert-OH is 1. The van der Waals surface area contributed by atoms with Gasteiger partial charge in [-0.2, -0.15) is 0 Å². The van der Waals surface area contributed by atoms with Crippen molar-refractivity contribution in [2.24, 2.45) is 17.6 Å². The van der Waals surface area contributed by atoms with Gasteiger partial charge in [-0.25, -0.2) is 4.79 Å². The largest absolute Gasteiger partial charge is 0.492 e. The third-order valence-electron chi connectivity index (χ3n) is 7.23. The van der Waals surface area contributed by atoms with Gasteiger partial charge in [0, 0.05) is 43.8 Å². The van der Waals surface area contributed by atoms with E-state index in [-0.39, 0.29) is 41.4 Å². The Hall–Kier alpha value is -3.54. The lowest BCUT2D eigenvalue weighted by Crippen LogP contribution is -2.36. The van der Waals surface area contributed by atoms with Crippen LogP contribution in [0.15, 0.2) is 58.6 Å². The van der Waals surface area contributed by atoms with Crippen LogP contribution < -0.4 is 11.1 Å². The van der Waals surface area contributed by atoms with Crippen molar-refractivity contribution in [1.82, 2.24) is 5.32 Å². The smallest absolute Gasteiger partial charge is 0.405 e. The molecule has 2 amide bonds. The Balaban J connectivity index is 2.56. The minimum absolute atomic E-state index is 0.0790. The minimum atomic E-state index is -0.947. The number of Topliss-reactive ketones (excluding diaryl/α,β-unsaturated/α-hetero) is 1. The molecule has 0 aromatic heterocycles. The van der Waals surface area contributed by atoms with Crippen molar-refractivity contribution in [3.63, 3.8) is 0 Å². The number of aliphatic hydroxyl groups is 1. The SMILES string of the molecule is COC1=C2C[C@@H](C)CC(OC)[C@H](O)[C@@H](C)/C=C(\C)C(OC(N)=O)CC(OC)/C=C\C=C(/C)C(=O)NC(=CC1=O)C2=O. The van der Waals surface area contributed by atoms with Crippen LogP contribution >= 0.6 is 0 Å². The van der Waals surface area contributed by atoms with E-state index in [1.165, 1.54) is 27.4 Å². The molecule has 2 bridgehead atoms. The normalized spacial score (nSPS) is 32.5. The summed E-state index contributed by atoms with van der Waals surface area (Å²) in [6.07, 6.45) is 4.64. The minimum Gasteiger partial charge on any atom is -0.492 e. The van der Waals surface area contributed by atoms with Crippen molar-refractivity contribution in [1.29, 1.82) is 0 Å². The van der Waals surface area contributed by atoms with E-state index in [2.05, 4.69) is 5.32 Å². The van der Waals surface area contributed by atoms with E-state index in [0.29, 0.717) is 12.0 Å². The van der Waals surface area contributed by atoms with E-state index in [0.717, 1.165) is 6.08 Å². The maximum Gasteiger partial charge on any atom is 0.405 e. The molecule has 0 aromatic carbocycles. The number of hydrogen-bond acceptors (Lipinski definition) is 9. The van der Waals surface area contributed by atoms with Crippen LogP contribution in [0.5, 0.6) is 0 Å². The molecule has 0 saturated heterocycles. The first-order valence-corrected chi connectivity index (χ1v) is 13.4. The molecule has 1 heterocycles. The molecule has 11 nitrogen and oxygen atoms in total. The number of rotatable bonds is 4.